The fraction of sp³-hybridized carbons (Fsp3) is 0.409. The molecule has 3 rings (SSSR count). The molecule has 1 aliphatic carbocycles. The summed E-state index contributed by atoms with van der Waals surface area (Å²) in [5.74, 6) is 0. The van der Waals surface area contributed by atoms with E-state index in [1.165, 1.54) is 11.1 Å². The Morgan fingerprint density at radius 3 is 2.58 bits per heavy atom. The first-order valence-electron chi connectivity index (χ1n) is 9.33. The van der Waals surface area contributed by atoms with Crippen LogP contribution in [0.2, 0.25) is 0 Å². The standard InChI is InChI=1S/C22H27NO3/c1-17-7-9-18(10-8-17)13-14-25-21-12-11-20(15-21)23-22(24)26-16-19-5-3-2-4-6-19/h2-10,20-21H,11-16H2,1H3,(H,23,24)/t20-,21-/m0/s1. The van der Waals surface area contributed by atoms with Gasteiger partial charge in [0.05, 0.1) is 12.7 Å². The number of ether oxygens (including phenoxy) is 2. The lowest BCUT2D eigenvalue weighted by Crippen LogP contribution is -2.33. The molecule has 0 heterocycles. The molecule has 0 radical (unpaired) electrons. The summed E-state index contributed by atoms with van der Waals surface area (Å²) in [4.78, 5) is 11.9. The maximum absolute atomic E-state index is 11.9. The summed E-state index contributed by atoms with van der Waals surface area (Å²) in [7, 11) is 0. The summed E-state index contributed by atoms with van der Waals surface area (Å²) in [5, 5.41) is 2.95. The van der Waals surface area contributed by atoms with Crippen LogP contribution in [0.4, 0.5) is 4.79 Å². The first-order valence-corrected chi connectivity index (χ1v) is 9.33. The molecule has 2 atom stereocenters. The zero-order chi connectivity index (χ0) is 18.2. The third-order valence-corrected chi connectivity index (χ3v) is 4.78. The number of carbonyl (C=O) groups is 1. The number of alkyl carbamates (subject to hydrolysis) is 1. The normalized spacial score (nSPS) is 19.3. The summed E-state index contributed by atoms with van der Waals surface area (Å²) >= 11 is 0. The maximum Gasteiger partial charge on any atom is 0.407 e. The van der Waals surface area contributed by atoms with E-state index in [1.807, 2.05) is 30.3 Å². The topological polar surface area (TPSA) is 47.6 Å². The molecule has 0 bridgehead atoms. The molecule has 1 N–H and O–H groups in total. The fourth-order valence-corrected chi connectivity index (χ4v) is 3.25. The van der Waals surface area contributed by atoms with Gasteiger partial charge in [-0.3, -0.25) is 0 Å². The zero-order valence-electron chi connectivity index (χ0n) is 15.3. The molecule has 0 unspecified atom stereocenters. The first-order chi connectivity index (χ1) is 12.7. The van der Waals surface area contributed by atoms with Crippen molar-refractivity contribution in [3.8, 4) is 0 Å². The van der Waals surface area contributed by atoms with Gasteiger partial charge in [-0.15, -0.1) is 0 Å². The van der Waals surface area contributed by atoms with E-state index < -0.39 is 0 Å². The van der Waals surface area contributed by atoms with Crippen molar-refractivity contribution in [3.05, 3.63) is 71.3 Å². The number of rotatable bonds is 7. The SMILES string of the molecule is Cc1ccc(CCO[C@H]2CC[C@H](NC(=O)OCc3ccccc3)C2)cc1. The summed E-state index contributed by atoms with van der Waals surface area (Å²) < 4.78 is 11.3. The molecule has 2 aromatic carbocycles. The van der Waals surface area contributed by atoms with E-state index in [-0.39, 0.29) is 18.2 Å². The smallest absolute Gasteiger partial charge is 0.407 e. The van der Waals surface area contributed by atoms with Crippen molar-refractivity contribution in [1.82, 2.24) is 5.32 Å². The van der Waals surface area contributed by atoms with Gasteiger partial charge < -0.3 is 14.8 Å². The summed E-state index contributed by atoms with van der Waals surface area (Å²) in [5.41, 5.74) is 3.57. The van der Waals surface area contributed by atoms with Crippen LogP contribution >= 0.6 is 0 Å². The molecule has 26 heavy (non-hydrogen) atoms. The van der Waals surface area contributed by atoms with Crippen LogP contribution < -0.4 is 5.32 Å². The minimum Gasteiger partial charge on any atom is -0.445 e. The molecule has 4 heteroatoms. The van der Waals surface area contributed by atoms with Crippen LogP contribution in [-0.2, 0) is 22.5 Å². The molecule has 1 fully saturated rings. The lowest BCUT2D eigenvalue weighted by Gasteiger charge is -2.14. The van der Waals surface area contributed by atoms with Crippen LogP contribution in [0.1, 0.15) is 36.0 Å². The second kappa shape index (κ2) is 9.39. The van der Waals surface area contributed by atoms with Gasteiger partial charge in [-0.1, -0.05) is 60.2 Å². The highest BCUT2D eigenvalue weighted by atomic mass is 16.5. The molecule has 1 amide bonds. The van der Waals surface area contributed by atoms with Crippen molar-refractivity contribution in [3.63, 3.8) is 0 Å². The van der Waals surface area contributed by atoms with Gasteiger partial charge in [0, 0.05) is 6.04 Å². The van der Waals surface area contributed by atoms with Gasteiger partial charge in [-0.05, 0) is 43.7 Å². The van der Waals surface area contributed by atoms with Crippen LogP contribution in [0.25, 0.3) is 0 Å². The van der Waals surface area contributed by atoms with Crippen LogP contribution in [-0.4, -0.2) is 24.8 Å². The Morgan fingerprint density at radius 1 is 1.04 bits per heavy atom. The largest absolute Gasteiger partial charge is 0.445 e. The van der Waals surface area contributed by atoms with Gasteiger partial charge in [0.15, 0.2) is 0 Å². The van der Waals surface area contributed by atoms with Crippen molar-refractivity contribution < 1.29 is 14.3 Å². The van der Waals surface area contributed by atoms with Gasteiger partial charge in [-0.2, -0.15) is 0 Å². The number of benzene rings is 2. The molecule has 1 saturated carbocycles. The van der Waals surface area contributed by atoms with Gasteiger partial charge >= 0.3 is 6.09 Å². The molecular formula is C22H27NO3. The van der Waals surface area contributed by atoms with Crippen molar-refractivity contribution in [2.45, 2.75) is 51.4 Å². The zero-order valence-corrected chi connectivity index (χ0v) is 15.3. The average molecular weight is 353 g/mol. The van der Waals surface area contributed by atoms with E-state index in [4.69, 9.17) is 9.47 Å². The van der Waals surface area contributed by atoms with E-state index in [2.05, 4.69) is 36.5 Å². The molecule has 0 aliphatic heterocycles. The monoisotopic (exact) mass is 353 g/mol. The maximum atomic E-state index is 11.9. The van der Waals surface area contributed by atoms with Gasteiger partial charge in [0.25, 0.3) is 0 Å². The van der Waals surface area contributed by atoms with E-state index >= 15 is 0 Å². The number of hydrogen-bond donors (Lipinski definition) is 1. The Morgan fingerprint density at radius 2 is 1.81 bits per heavy atom. The minimum absolute atomic E-state index is 0.141. The molecule has 2 aromatic rings. The summed E-state index contributed by atoms with van der Waals surface area (Å²) in [6.45, 7) is 3.12. The number of hydrogen-bond acceptors (Lipinski definition) is 3. The quantitative estimate of drug-likeness (QED) is 0.802. The third-order valence-electron chi connectivity index (χ3n) is 4.78. The summed E-state index contributed by atoms with van der Waals surface area (Å²) in [6, 6.07) is 18.4. The van der Waals surface area contributed by atoms with Crippen LogP contribution in [0, 0.1) is 6.92 Å². The molecule has 0 saturated heterocycles. The molecule has 138 valence electrons. The van der Waals surface area contributed by atoms with E-state index in [1.54, 1.807) is 0 Å². The van der Waals surface area contributed by atoms with Gasteiger partial charge in [-0.25, -0.2) is 4.79 Å². The Hall–Kier alpha value is -2.33. The third kappa shape index (κ3) is 5.88. The lowest BCUT2D eigenvalue weighted by molar-refractivity contribution is 0.0586. The number of nitrogens with one attached hydrogen (secondary N) is 1. The molecular weight excluding hydrogens is 326 g/mol. The lowest BCUT2D eigenvalue weighted by atomic mass is 10.1. The van der Waals surface area contributed by atoms with E-state index in [0.29, 0.717) is 6.61 Å². The minimum atomic E-state index is -0.348. The van der Waals surface area contributed by atoms with Crippen molar-refractivity contribution in [1.29, 1.82) is 0 Å². The molecule has 4 nitrogen and oxygen atoms in total. The molecule has 0 spiro atoms. The number of carbonyl (C=O) groups excluding carboxylic acids is 1. The Balaban J connectivity index is 1.32. The van der Waals surface area contributed by atoms with Crippen LogP contribution in [0.5, 0.6) is 0 Å². The summed E-state index contributed by atoms with van der Waals surface area (Å²) in [6.07, 6.45) is 3.58. The average Bonchev–Trinajstić information content (AvgIpc) is 3.10. The van der Waals surface area contributed by atoms with Crippen molar-refractivity contribution >= 4 is 6.09 Å². The highest BCUT2D eigenvalue weighted by Gasteiger charge is 2.26. The highest BCUT2D eigenvalue weighted by Crippen LogP contribution is 2.22. The van der Waals surface area contributed by atoms with Gasteiger partial charge in [0.2, 0.25) is 0 Å². The number of aryl methyl sites for hydroxylation is 1. The second-order valence-corrected chi connectivity index (χ2v) is 6.94. The Kier molecular flexibility index (Phi) is 6.67. The van der Waals surface area contributed by atoms with Crippen molar-refractivity contribution in [2.24, 2.45) is 0 Å². The molecule has 1 aliphatic rings. The highest BCUT2D eigenvalue weighted by molar-refractivity contribution is 5.67. The molecule has 0 aromatic heterocycles. The van der Waals surface area contributed by atoms with Crippen LogP contribution in [0.15, 0.2) is 54.6 Å². The predicted molar refractivity (Wildman–Crippen MR) is 102 cm³/mol. The number of amides is 1. The Bertz CT molecular complexity index is 684. The van der Waals surface area contributed by atoms with E-state index in [0.717, 1.165) is 37.9 Å². The van der Waals surface area contributed by atoms with Crippen LogP contribution in [0.3, 0.4) is 0 Å². The van der Waals surface area contributed by atoms with E-state index in [9.17, 15) is 4.79 Å². The second-order valence-electron chi connectivity index (χ2n) is 6.94. The van der Waals surface area contributed by atoms with Gasteiger partial charge in [0.1, 0.15) is 6.61 Å². The predicted octanol–water partition coefficient (Wildman–Crippen LogP) is 4.40. The van der Waals surface area contributed by atoms with Crippen molar-refractivity contribution in [2.75, 3.05) is 6.61 Å². The first kappa shape index (κ1) is 18.5. The fourth-order valence-electron chi connectivity index (χ4n) is 3.25. The Labute approximate surface area is 155 Å².